The second-order valence-electron chi connectivity index (χ2n) is 3.83. The number of carbonyl (C=O) groups excluding carboxylic acids is 1. The topological polar surface area (TPSA) is 72.5 Å². The quantitative estimate of drug-likeness (QED) is 0.677. The van der Waals surface area contributed by atoms with Crippen LogP contribution in [-0.2, 0) is 9.53 Å². The summed E-state index contributed by atoms with van der Waals surface area (Å²) < 4.78 is 4.53. The Hall–Kier alpha value is -0.260. The fourth-order valence-electron chi connectivity index (χ4n) is 1.72. The number of thioether (sulfide) groups is 1. The van der Waals surface area contributed by atoms with Gasteiger partial charge in [0.2, 0.25) is 0 Å². The van der Waals surface area contributed by atoms with Gasteiger partial charge in [-0.3, -0.25) is 4.79 Å². The third kappa shape index (κ3) is 4.01. The summed E-state index contributed by atoms with van der Waals surface area (Å²) in [6, 6.07) is -0.527. The van der Waals surface area contributed by atoms with E-state index in [0.717, 1.165) is 25.0 Å². The molecule has 0 spiro atoms. The Labute approximate surface area is 94.6 Å². The minimum absolute atomic E-state index is 0.177. The number of methoxy groups -OCH3 is 1. The van der Waals surface area contributed by atoms with Gasteiger partial charge in [0.15, 0.2) is 0 Å². The molecule has 4 nitrogen and oxygen atoms in total. The van der Waals surface area contributed by atoms with Crippen LogP contribution in [0.5, 0.6) is 0 Å². The van der Waals surface area contributed by atoms with Gasteiger partial charge in [-0.25, -0.2) is 0 Å². The third-order valence-corrected chi connectivity index (χ3v) is 4.13. The fraction of sp³-hybridized carbons (Fsp3) is 0.900. The molecule has 1 aliphatic rings. The van der Waals surface area contributed by atoms with E-state index < -0.39 is 6.04 Å². The van der Waals surface area contributed by atoms with Crippen molar-refractivity contribution < 1.29 is 14.6 Å². The van der Waals surface area contributed by atoms with Crippen molar-refractivity contribution in [1.82, 2.24) is 0 Å². The monoisotopic (exact) mass is 233 g/mol. The van der Waals surface area contributed by atoms with E-state index in [-0.39, 0.29) is 12.1 Å². The number of carbonyl (C=O) groups is 1. The van der Waals surface area contributed by atoms with Crippen LogP contribution in [-0.4, -0.2) is 41.3 Å². The van der Waals surface area contributed by atoms with E-state index in [4.69, 9.17) is 5.73 Å². The van der Waals surface area contributed by atoms with Crippen LogP contribution in [0.2, 0.25) is 0 Å². The van der Waals surface area contributed by atoms with Crippen LogP contribution >= 0.6 is 11.8 Å². The molecule has 0 bridgehead atoms. The zero-order valence-corrected chi connectivity index (χ0v) is 9.83. The summed E-state index contributed by atoms with van der Waals surface area (Å²) in [6.07, 6.45) is 3.51. The van der Waals surface area contributed by atoms with Crippen molar-refractivity contribution in [2.24, 2.45) is 5.73 Å². The van der Waals surface area contributed by atoms with Crippen LogP contribution in [0.15, 0.2) is 0 Å². The van der Waals surface area contributed by atoms with Gasteiger partial charge >= 0.3 is 5.97 Å². The van der Waals surface area contributed by atoms with E-state index in [2.05, 4.69) is 4.74 Å². The Balaban J connectivity index is 2.13. The first-order valence-corrected chi connectivity index (χ1v) is 6.33. The highest BCUT2D eigenvalue weighted by atomic mass is 32.2. The molecule has 3 N–H and O–H groups in total. The molecule has 3 atom stereocenters. The van der Waals surface area contributed by atoms with Crippen LogP contribution in [0.1, 0.15) is 25.7 Å². The highest BCUT2D eigenvalue weighted by Crippen LogP contribution is 2.30. The van der Waals surface area contributed by atoms with Crippen molar-refractivity contribution in [3.63, 3.8) is 0 Å². The summed E-state index contributed by atoms with van der Waals surface area (Å²) in [7, 11) is 1.34. The van der Waals surface area contributed by atoms with E-state index in [1.54, 1.807) is 11.8 Å². The Morgan fingerprint density at radius 2 is 2.40 bits per heavy atom. The minimum atomic E-state index is -0.527. The van der Waals surface area contributed by atoms with Crippen molar-refractivity contribution >= 4 is 17.7 Å². The normalized spacial score (nSPS) is 27.7. The fourth-order valence-corrected chi connectivity index (χ4v) is 3.10. The second kappa shape index (κ2) is 6.35. The van der Waals surface area contributed by atoms with Gasteiger partial charge in [-0.05, 0) is 31.4 Å². The highest BCUT2D eigenvalue weighted by molar-refractivity contribution is 7.99. The second-order valence-corrected chi connectivity index (χ2v) is 5.17. The summed E-state index contributed by atoms with van der Waals surface area (Å²) in [4.78, 5) is 11.0. The lowest BCUT2D eigenvalue weighted by Crippen LogP contribution is -2.32. The molecule has 0 aromatic rings. The van der Waals surface area contributed by atoms with E-state index in [1.165, 1.54) is 7.11 Å². The van der Waals surface area contributed by atoms with Crippen LogP contribution in [0.4, 0.5) is 0 Å². The van der Waals surface area contributed by atoms with E-state index in [0.29, 0.717) is 11.7 Å². The van der Waals surface area contributed by atoms with Crippen LogP contribution in [0.3, 0.4) is 0 Å². The minimum Gasteiger partial charge on any atom is -0.468 e. The largest absolute Gasteiger partial charge is 0.468 e. The predicted molar refractivity (Wildman–Crippen MR) is 60.7 cm³/mol. The van der Waals surface area contributed by atoms with Crippen molar-refractivity contribution in [3.05, 3.63) is 0 Å². The van der Waals surface area contributed by atoms with Gasteiger partial charge in [-0.1, -0.05) is 0 Å². The molecular weight excluding hydrogens is 214 g/mol. The van der Waals surface area contributed by atoms with Crippen LogP contribution < -0.4 is 5.73 Å². The van der Waals surface area contributed by atoms with Gasteiger partial charge in [-0.15, -0.1) is 0 Å². The molecule has 0 aromatic heterocycles. The highest BCUT2D eigenvalue weighted by Gasteiger charge is 2.25. The summed E-state index contributed by atoms with van der Waals surface area (Å²) in [6.45, 7) is 0. The molecule has 0 aromatic carbocycles. The SMILES string of the molecule is COC(=O)C(N)CCSC1CCCC1O. The lowest BCUT2D eigenvalue weighted by molar-refractivity contribution is -0.142. The Kier molecular flexibility index (Phi) is 5.42. The molecule has 1 saturated carbocycles. The number of aliphatic hydroxyl groups is 1. The van der Waals surface area contributed by atoms with Gasteiger partial charge < -0.3 is 15.6 Å². The van der Waals surface area contributed by atoms with E-state index in [9.17, 15) is 9.90 Å². The number of rotatable bonds is 5. The zero-order valence-electron chi connectivity index (χ0n) is 9.02. The van der Waals surface area contributed by atoms with E-state index >= 15 is 0 Å². The number of aliphatic hydroxyl groups excluding tert-OH is 1. The molecule has 3 unspecified atom stereocenters. The summed E-state index contributed by atoms with van der Waals surface area (Å²) >= 11 is 1.71. The summed E-state index contributed by atoms with van der Waals surface area (Å²) in [5, 5.41) is 9.89. The number of hydrogen-bond acceptors (Lipinski definition) is 5. The number of nitrogens with two attached hydrogens (primary N) is 1. The van der Waals surface area contributed by atoms with Crippen molar-refractivity contribution in [1.29, 1.82) is 0 Å². The van der Waals surface area contributed by atoms with Crippen molar-refractivity contribution in [3.8, 4) is 0 Å². The maximum atomic E-state index is 11.0. The molecule has 1 aliphatic carbocycles. The molecule has 5 heteroatoms. The Morgan fingerprint density at radius 1 is 1.67 bits per heavy atom. The first-order chi connectivity index (χ1) is 7.15. The lowest BCUT2D eigenvalue weighted by atomic mass is 10.2. The van der Waals surface area contributed by atoms with Gasteiger partial charge in [0.05, 0.1) is 13.2 Å². The predicted octanol–water partition coefficient (Wildman–Crippen LogP) is 0.523. The number of ether oxygens (including phenoxy) is 1. The Morgan fingerprint density at radius 3 is 2.93 bits per heavy atom. The average Bonchev–Trinajstić information content (AvgIpc) is 2.63. The first kappa shape index (κ1) is 12.8. The molecule has 1 rings (SSSR count). The zero-order chi connectivity index (χ0) is 11.3. The third-order valence-electron chi connectivity index (χ3n) is 2.68. The standard InChI is InChI=1S/C10H19NO3S/c1-14-10(13)7(11)5-6-15-9-4-2-3-8(9)12/h7-9,12H,2-6,11H2,1H3. The first-order valence-electron chi connectivity index (χ1n) is 5.28. The molecule has 0 heterocycles. The van der Waals surface area contributed by atoms with Crippen molar-refractivity contribution in [2.75, 3.05) is 12.9 Å². The van der Waals surface area contributed by atoms with Gasteiger partial charge in [0.1, 0.15) is 6.04 Å². The molecule has 88 valence electrons. The van der Waals surface area contributed by atoms with Gasteiger partial charge in [0.25, 0.3) is 0 Å². The molecule has 0 saturated heterocycles. The van der Waals surface area contributed by atoms with Crippen LogP contribution in [0.25, 0.3) is 0 Å². The van der Waals surface area contributed by atoms with Crippen molar-refractivity contribution in [2.45, 2.75) is 43.1 Å². The maximum Gasteiger partial charge on any atom is 0.322 e. The molecular formula is C10H19NO3S. The molecule has 0 aliphatic heterocycles. The lowest BCUT2D eigenvalue weighted by Gasteiger charge is -2.15. The summed E-state index contributed by atoms with van der Waals surface area (Å²) in [5.74, 6) is 0.445. The molecule has 1 fully saturated rings. The maximum absolute atomic E-state index is 11.0. The molecule has 0 radical (unpaired) electrons. The molecule has 15 heavy (non-hydrogen) atoms. The number of esters is 1. The smallest absolute Gasteiger partial charge is 0.322 e. The van der Waals surface area contributed by atoms with E-state index in [1.807, 2.05) is 0 Å². The summed E-state index contributed by atoms with van der Waals surface area (Å²) in [5.41, 5.74) is 5.60. The van der Waals surface area contributed by atoms with Gasteiger partial charge in [-0.2, -0.15) is 11.8 Å². The van der Waals surface area contributed by atoms with Crippen LogP contribution in [0, 0.1) is 0 Å². The number of hydrogen-bond donors (Lipinski definition) is 2. The molecule has 0 amide bonds. The average molecular weight is 233 g/mol. The van der Waals surface area contributed by atoms with Gasteiger partial charge in [0, 0.05) is 5.25 Å². The Bertz CT molecular complexity index is 213.